The van der Waals surface area contributed by atoms with E-state index in [0.29, 0.717) is 19.4 Å². The molecule has 3 atom stereocenters. The average Bonchev–Trinajstić information content (AvgIpc) is 2.92. The first-order valence-electron chi connectivity index (χ1n) is 13.3. The van der Waals surface area contributed by atoms with Gasteiger partial charge in [0.2, 0.25) is 15.9 Å². The molecule has 8 heteroatoms. The number of aryl methyl sites for hydroxylation is 1. The van der Waals surface area contributed by atoms with E-state index in [1.807, 2.05) is 31.3 Å². The lowest BCUT2D eigenvalue weighted by molar-refractivity contribution is -0.126. The summed E-state index contributed by atoms with van der Waals surface area (Å²) >= 11 is 0. The predicted octanol–water partition coefficient (Wildman–Crippen LogP) is 3.92. The number of carbonyl (C=O) groups is 1. The van der Waals surface area contributed by atoms with Gasteiger partial charge in [-0.1, -0.05) is 55.0 Å². The molecule has 1 amide bonds. The van der Waals surface area contributed by atoms with Gasteiger partial charge in [0, 0.05) is 30.9 Å². The van der Waals surface area contributed by atoms with Crippen LogP contribution in [0, 0.1) is 0 Å². The first-order valence-corrected chi connectivity index (χ1v) is 14.8. The summed E-state index contributed by atoms with van der Waals surface area (Å²) in [6.07, 6.45) is 8.40. The molecule has 0 radical (unpaired) electrons. The molecule has 1 aliphatic rings. The standard InChI is InChI=1S/C30H38N4O3S/c1-34(2)29(16-8-9-20-32-38(36,37)25-13-4-3-5-14-25)30(35)33-28-18-17-24-12-6-7-15-26(24)27(28)21-23-11-10-19-31-22-23/h3-7,10-15,19,22,27-29,32H,8-9,16-18,20-21H2,1-2H3,(H,33,35)/t27-,28?,29?/m1/s1. The second-order valence-electron chi connectivity index (χ2n) is 10.2. The van der Waals surface area contributed by atoms with Gasteiger partial charge < -0.3 is 5.32 Å². The van der Waals surface area contributed by atoms with Gasteiger partial charge in [-0.25, -0.2) is 13.1 Å². The highest BCUT2D eigenvalue weighted by atomic mass is 32.2. The van der Waals surface area contributed by atoms with Crippen molar-refractivity contribution in [3.8, 4) is 0 Å². The molecule has 2 unspecified atom stereocenters. The second-order valence-corrected chi connectivity index (χ2v) is 12.0. The van der Waals surface area contributed by atoms with E-state index in [4.69, 9.17) is 0 Å². The van der Waals surface area contributed by atoms with E-state index in [-0.39, 0.29) is 28.8 Å². The molecule has 0 spiro atoms. The number of pyridine rings is 1. The Kier molecular flexibility index (Phi) is 9.66. The monoisotopic (exact) mass is 534 g/mol. The Balaban J connectivity index is 1.35. The largest absolute Gasteiger partial charge is 0.351 e. The molecule has 1 heterocycles. The second kappa shape index (κ2) is 13.1. The SMILES string of the molecule is CN(C)C(CCCCNS(=O)(=O)c1ccccc1)C(=O)NC1CCc2ccccc2[C@H]1Cc1cccnc1. The number of nitrogens with one attached hydrogen (secondary N) is 2. The van der Waals surface area contributed by atoms with E-state index in [1.54, 1.807) is 36.5 Å². The molecule has 7 nitrogen and oxygen atoms in total. The summed E-state index contributed by atoms with van der Waals surface area (Å²) in [5.74, 6) is 0.212. The Labute approximate surface area is 226 Å². The van der Waals surface area contributed by atoms with E-state index < -0.39 is 10.0 Å². The lowest BCUT2D eigenvalue weighted by atomic mass is 9.76. The fourth-order valence-electron chi connectivity index (χ4n) is 5.31. The van der Waals surface area contributed by atoms with Crippen molar-refractivity contribution in [1.29, 1.82) is 0 Å². The van der Waals surface area contributed by atoms with Crippen LogP contribution in [0.3, 0.4) is 0 Å². The quantitative estimate of drug-likeness (QED) is 0.344. The molecule has 2 N–H and O–H groups in total. The molecule has 0 aliphatic heterocycles. The molecule has 1 aliphatic carbocycles. The number of aromatic nitrogens is 1. The van der Waals surface area contributed by atoms with E-state index in [9.17, 15) is 13.2 Å². The van der Waals surface area contributed by atoms with E-state index in [2.05, 4.69) is 45.4 Å². The highest BCUT2D eigenvalue weighted by molar-refractivity contribution is 7.89. The Morgan fingerprint density at radius 2 is 1.79 bits per heavy atom. The van der Waals surface area contributed by atoms with Gasteiger partial charge in [0.05, 0.1) is 10.9 Å². The Hall–Kier alpha value is -3.07. The molecule has 0 fully saturated rings. The third-order valence-corrected chi connectivity index (χ3v) is 8.82. The number of fused-ring (bicyclic) bond motifs is 1. The Morgan fingerprint density at radius 1 is 1.03 bits per heavy atom. The van der Waals surface area contributed by atoms with Crippen molar-refractivity contribution >= 4 is 15.9 Å². The first kappa shape index (κ1) is 28.0. The maximum atomic E-state index is 13.5. The van der Waals surface area contributed by atoms with Crippen molar-refractivity contribution in [3.63, 3.8) is 0 Å². The summed E-state index contributed by atoms with van der Waals surface area (Å²) in [6.45, 7) is 0.339. The van der Waals surface area contributed by atoms with Gasteiger partial charge in [-0.15, -0.1) is 0 Å². The minimum Gasteiger partial charge on any atom is -0.351 e. The lowest BCUT2D eigenvalue weighted by Crippen LogP contribution is -2.50. The highest BCUT2D eigenvalue weighted by Crippen LogP contribution is 2.34. The summed E-state index contributed by atoms with van der Waals surface area (Å²) in [5.41, 5.74) is 3.82. The van der Waals surface area contributed by atoms with E-state index in [1.165, 1.54) is 11.1 Å². The molecule has 1 aromatic heterocycles. The van der Waals surface area contributed by atoms with Crippen molar-refractivity contribution < 1.29 is 13.2 Å². The summed E-state index contributed by atoms with van der Waals surface area (Å²) in [7, 11) is 0.331. The van der Waals surface area contributed by atoms with Crippen LogP contribution in [0.25, 0.3) is 0 Å². The number of likely N-dealkylation sites (N-methyl/N-ethyl adjacent to an activating group) is 1. The van der Waals surface area contributed by atoms with Gasteiger partial charge in [0.15, 0.2) is 0 Å². The number of nitrogens with zero attached hydrogens (tertiary/aromatic N) is 2. The zero-order chi connectivity index (χ0) is 27.0. The van der Waals surface area contributed by atoms with Crippen LogP contribution in [-0.4, -0.2) is 56.9 Å². The van der Waals surface area contributed by atoms with Crippen molar-refractivity contribution in [2.75, 3.05) is 20.6 Å². The third-order valence-electron chi connectivity index (χ3n) is 7.35. The van der Waals surface area contributed by atoms with Gasteiger partial charge in [0.1, 0.15) is 0 Å². The van der Waals surface area contributed by atoms with Crippen molar-refractivity contribution in [2.24, 2.45) is 0 Å². The molecular weight excluding hydrogens is 496 g/mol. The molecule has 38 heavy (non-hydrogen) atoms. The molecule has 0 saturated carbocycles. The van der Waals surface area contributed by atoms with Crippen LogP contribution in [0.2, 0.25) is 0 Å². The molecule has 4 rings (SSSR count). The number of benzene rings is 2. The van der Waals surface area contributed by atoms with Crippen LogP contribution >= 0.6 is 0 Å². The number of rotatable bonds is 12. The molecule has 3 aromatic rings. The zero-order valence-electron chi connectivity index (χ0n) is 22.2. The summed E-state index contributed by atoms with van der Waals surface area (Å²) in [5, 5.41) is 3.39. The van der Waals surface area contributed by atoms with E-state index >= 15 is 0 Å². The maximum Gasteiger partial charge on any atom is 0.240 e. The number of hydrogen-bond acceptors (Lipinski definition) is 5. The van der Waals surface area contributed by atoms with Gasteiger partial charge in [0.25, 0.3) is 0 Å². The average molecular weight is 535 g/mol. The summed E-state index contributed by atoms with van der Waals surface area (Å²) in [6, 6.07) is 20.7. The van der Waals surface area contributed by atoms with Gasteiger partial charge >= 0.3 is 0 Å². The molecule has 2 aromatic carbocycles. The van der Waals surface area contributed by atoms with Gasteiger partial charge in [-0.3, -0.25) is 14.7 Å². The lowest BCUT2D eigenvalue weighted by Gasteiger charge is -2.36. The Bertz CT molecular complexity index is 1280. The number of unbranched alkanes of at least 4 members (excludes halogenated alkanes) is 1. The smallest absolute Gasteiger partial charge is 0.240 e. The third kappa shape index (κ3) is 7.28. The number of carbonyl (C=O) groups excluding carboxylic acids is 1. The summed E-state index contributed by atoms with van der Waals surface area (Å²) in [4.78, 5) is 20.0. The normalized spacial score (nSPS) is 18.1. The van der Waals surface area contributed by atoms with Crippen molar-refractivity contribution in [3.05, 3.63) is 95.8 Å². The fourth-order valence-corrected chi connectivity index (χ4v) is 6.40. The molecule has 0 bridgehead atoms. The zero-order valence-corrected chi connectivity index (χ0v) is 23.0. The predicted molar refractivity (Wildman–Crippen MR) is 150 cm³/mol. The van der Waals surface area contributed by atoms with Gasteiger partial charge in [-0.2, -0.15) is 0 Å². The highest BCUT2D eigenvalue weighted by Gasteiger charge is 2.32. The minimum atomic E-state index is -3.51. The topological polar surface area (TPSA) is 91.4 Å². The van der Waals surface area contributed by atoms with Crippen molar-refractivity contribution in [1.82, 2.24) is 19.9 Å². The maximum absolute atomic E-state index is 13.5. The minimum absolute atomic E-state index is 0.0282. The number of hydrogen-bond donors (Lipinski definition) is 2. The Morgan fingerprint density at radius 3 is 2.53 bits per heavy atom. The molecule has 0 saturated heterocycles. The van der Waals surface area contributed by atoms with Gasteiger partial charge in [-0.05, 0) is 81.1 Å². The van der Waals surface area contributed by atoms with Crippen LogP contribution < -0.4 is 10.0 Å². The van der Waals surface area contributed by atoms with E-state index in [0.717, 1.165) is 31.2 Å². The van der Waals surface area contributed by atoms with Crippen LogP contribution in [0.1, 0.15) is 48.3 Å². The molecule has 202 valence electrons. The van der Waals surface area contributed by atoms with Crippen LogP contribution in [0.4, 0.5) is 0 Å². The summed E-state index contributed by atoms with van der Waals surface area (Å²) < 4.78 is 27.5. The fraction of sp³-hybridized carbons (Fsp3) is 0.400. The van der Waals surface area contributed by atoms with Crippen LogP contribution in [0.15, 0.2) is 84.0 Å². The van der Waals surface area contributed by atoms with Crippen LogP contribution in [-0.2, 0) is 27.7 Å². The van der Waals surface area contributed by atoms with Crippen molar-refractivity contribution in [2.45, 2.75) is 61.4 Å². The molecular formula is C30H38N4O3S. The van der Waals surface area contributed by atoms with Crippen LogP contribution in [0.5, 0.6) is 0 Å². The number of amides is 1. The first-order chi connectivity index (χ1) is 18.3. The number of sulfonamides is 1.